The van der Waals surface area contributed by atoms with Crippen LogP contribution < -0.4 is 4.74 Å². The number of carbonyl (C=O) groups is 1. The first-order valence-corrected chi connectivity index (χ1v) is 9.19. The van der Waals surface area contributed by atoms with E-state index in [0.717, 1.165) is 29.7 Å². The van der Waals surface area contributed by atoms with Crippen molar-refractivity contribution in [3.05, 3.63) is 70.9 Å². The average molecular weight is 380 g/mol. The fourth-order valence-corrected chi connectivity index (χ4v) is 2.97. The van der Waals surface area contributed by atoms with Gasteiger partial charge in [0.1, 0.15) is 5.75 Å². The summed E-state index contributed by atoms with van der Waals surface area (Å²) < 4.78 is 5.82. The topological polar surface area (TPSA) is 65.0 Å². The Labute approximate surface area is 162 Å². The number of rotatable bonds is 6. The van der Waals surface area contributed by atoms with Crippen molar-refractivity contribution in [3.8, 4) is 17.0 Å². The van der Waals surface area contributed by atoms with Gasteiger partial charge in [-0.15, -0.1) is 0 Å². The van der Waals surface area contributed by atoms with Crippen molar-refractivity contribution >= 4 is 17.4 Å². The number of carbonyl (C=O) groups excluding carboxylic acids is 1. The monoisotopic (exact) mass is 379 g/mol. The van der Waals surface area contributed by atoms with E-state index in [2.05, 4.69) is 15.0 Å². The SMILES string of the molecule is Cc1ccncc1C(=O)Cc1cnc(-c2cc(OC3CC3)ccc2Cl)cn1. The van der Waals surface area contributed by atoms with Crippen LogP contribution in [-0.4, -0.2) is 26.8 Å². The molecule has 2 aromatic heterocycles. The Bertz CT molecular complexity index is 985. The molecule has 1 saturated carbocycles. The summed E-state index contributed by atoms with van der Waals surface area (Å²) in [7, 11) is 0. The maximum absolute atomic E-state index is 12.5. The number of benzene rings is 1. The number of pyridine rings is 1. The molecule has 136 valence electrons. The molecule has 6 heteroatoms. The summed E-state index contributed by atoms with van der Waals surface area (Å²) >= 11 is 6.32. The quantitative estimate of drug-likeness (QED) is 0.591. The van der Waals surface area contributed by atoms with Gasteiger partial charge in [0.15, 0.2) is 5.78 Å². The first kappa shape index (κ1) is 17.6. The molecule has 1 fully saturated rings. The van der Waals surface area contributed by atoms with Crippen molar-refractivity contribution in [2.45, 2.75) is 32.3 Å². The smallest absolute Gasteiger partial charge is 0.170 e. The third-order valence-corrected chi connectivity index (χ3v) is 4.76. The van der Waals surface area contributed by atoms with Gasteiger partial charge < -0.3 is 4.74 Å². The van der Waals surface area contributed by atoms with Crippen LogP contribution in [0.15, 0.2) is 49.1 Å². The van der Waals surface area contributed by atoms with E-state index in [1.807, 2.05) is 25.1 Å². The molecule has 0 unspecified atom stereocenters. The van der Waals surface area contributed by atoms with Gasteiger partial charge in [0.25, 0.3) is 0 Å². The Morgan fingerprint density at radius 3 is 2.74 bits per heavy atom. The maximum Gasteiger partial charge on any atom is 0.170 e. The summed E-state index contributed by atoms with van der Waals surface area (Å²) in [5.41, 5.74) is 3.53. The Morgan fingerprint density at radius 2 is 2.04 bits per heavy atom. The van der Waals surface area contributed by atoms with Gasteiger partial charge >= 0.3 is 0 Å². The largest absolute Gasteiger partial charge is 0.490 e. The fraction of sp³-hybridized carbons (Fsp3) is 0.238. The molecule has 0 amide bonds. The lowest BCUT2D eigenvalue weighted by molar-refractivity contribution is 0.0991. The minimum absolute atomic E-state index is 0.0273. The van der Waals surface area contributed by atoms with E-state index in [1.165, 1.54) is 0 Å². The lowest BCUT2D eigenvalue weighted by Crippen LogP contribution is -2.08. The zero-order valence-electron chi connectivity index (χ0n) is 14.9. The summed E-state index contributed by atoms with van der Waals surface area (Å²) in [6, 6.07) is 7.37. The Hall–Kier alpha value is -2.79. The second-order valence-electron chi connectivity index (χ2n) is 6.64. The van der Waals surface area contributed by atoms with Gasteiger partial charge in [0.2, 0.25) is 0 Å². The van der Waals surface area contributed by atoms with Crippen LogP contribution >= 0.6 is 11.6 Å². The number of nitrogens with zero attached hydrogens (tertiary/aromatic N) is 3. The van der Waals surface area contributed by atoms with E-state index in [9.17, 15) is 4.79 Å². The van der Waals surface area contributed by atoms with Crippen molar-refractivity contribution in [2.24, 2.45) is 0 Å². The molecule has 0 aliphatic heterocycles. The number of aryl methyl sites for hydroxylation is 1. The first-order chi connectivity index (χ1) is 13.1. The molecule has 2 heterocycles. The summed E-state index contributed by atoms with van der Waals surface area (Å²) in [6.07, 6.45) is 9.20. The van der Waals surface area contributed by atoms with Crippen LogP contribution in [0, 0.1) is 6.92 Å². The normalized spacial score (nSPS) is 13.4. The van der Waals surface area contributed by atoms with E-state index in [-0.39, 0.29) is 12.2 Å². The van der Waals surface area contributed by atoms with Gasteiger partial charge in [-0.1, -0.05) is 11.6 Å². The van der Waals surface area contributed by atoms with Crippen molar-refractivity contribution in [3.63, 3.8) is 0 Å². The van der Waals surface area contributed by atoms with Gasteiger partial charge in [0.05, 0.1) is 35.1 Å². The molecule has 3 aromatic rings. The average Bonchev–Trinajstić information content (AvgIpc) is 3.48. The molecule has 4 rings (SSSR count). The molecular weight excluding hydrogens is 362 g/mol. The summed E-state index contributed by atoms with van der Waals surface area (Å²) in [5.74, 6) is 0.755. The number of ketones is 1. The van der Waals surface area contributed by atoms with Crippen LogP contribution in [0.2, 0.25) is 5.02 Å². The van der Waals surface area contributed by atoms with Crippen LogP contribution in [0.5, 0.6) is 5.75 Å². The molecule has 1 aliphatic carbocycles. The molecule has 0 spiro atoms. The number of ether oxygens (including phenoxy) is 1. The predicted molar refractivity (Wildman–Crippen MR) is 103 cm³/mol. The highest BCUT2D eigenvalue weighted by Crippen LogP contribution is 2.33. The third kappa shape index (κ3) is 4.14. The second-order valence-corrected chi connectivity index (χ2v) is 7.05. The molecule has 0 saturated heterocycles. The molecule has 0 atom stereocenters. The van der Waals surface area contributed by atoms with Crippen LogP contribution in [0.1, 0.15) is 34.5 Å². The number of Topliss-reactive ketones (excluding diaryl/α,β-unsaturated/α-hetero) is 1. The highest BCUT2D eigenvalue weighted by molar-refractivity contribution is 6.33. The molecule has 0 N–H and O–H groups in total. The van der Waals surface area contributed by atoms with E-state index < -0.39 is 0 Å². The van der Waals surface area contributed by atoms with Gasteiger partial charge in [0, 0.05) is 29.7 Å². The van der Waals surface area contributed by atoms with E-state index in [0.29, 0.717) is 28.1 Å². The van der Waals surface area contributed by atoms with Crippen LogP contribution in [0.3, 0.4) is 0 Å². The highest BCUT2D eigenvalue weighted by atomic mass is 35.5. The van der Waals surface area contributed by atoms with Gasteiger partial charge in [-0.2, -0.15) is 0 Å². The van der Waals surface area contributed by atoms with Crippen LogP contribution in [-0.2, 0) is 6.42 Å². The lowest BCUT2D eigenvalue weighted by atomic mass is 10.0. The van der Waals surface area contributed by atoms with Crippen LogP contribution in [0.4, 0.5) is 0 Å². The zero-order valence-corrected chi connectivity index (χ0v) is 15.6. The van der Waals surface area contributed by atoms with E-state index in [4.69, 9.17) is 16.3 Å². The van der Waals surface area contributed by atoms with Crippen molar-refractivity contribution in [1.29, 1.82) is 0 Å². The molecule has 1 aromatic carbocycles. The zero-order chi connectivity index (χ0) is 18.8. The van der Waals surface area contributed by atoms with Gasteiger partial charge in [-0.3, -0.25) is 19.7 Å². The lowest BCUT2D eigenvalue weighted by Gasteiger charge is -2.09. The molecule has 0 bridgehead atoms. The minimum Gasteiger partial charge on any atom is -0.490 e. The number of aromatic nitrogens is 3. The van der Waals surface area contributed by atoms with Crippen molar-refractivity contribution in [2.75, 3.05) is 0 Å². The molecule has 27 heavy (non-hydrogen) atoms. The van der Waals surface area contributed by atoms with Crippen molar-refractivity contribution in [1.82, 2.24) is 15.0 Å². The predicted octanol–water partition coefficient (Wildman–Crippen LogP) is 4.47. The Kier molecular flexibility index (Phi) is 4.86. The van der Waals surface area contributed by atoms with Crippen molar-refractivity contribution < 1.29 is 9.53 Å². The first-order valence-electron chi connectivity index (χ1n) is 8.81. The van der Waals surface area contributed by atoms with Gasteiger partial charge in [-0.05, 0) is 49.6 Å². The molecular formula is C21H18ClN3O2. The van der Waals surface area contributed by atoms with Gasteiger partial charge in [-0.25, -0.2) is 0 Å². The summed E-state index contributed by atoms with van der Waals surface area (Å²) in [5, 5.41) is 0.585. The highest BCUT2D eigenvalue weighted by Gasteiger charge is 2.23. The standard InChI is InChI=1S/C21H18ClN3O2/c1-13-6-7-23-11-18(13)21(26)8-14-10-25-20(12-24-14)17-9-16(4-5-19(17)22)27-15-2-3-15/h4-7,9-12,15H,2-3,8H2,1H3. The molecule has 5 nitrogen and oxygen atoms in total. The van der Waals surface area contributed by atoms with E-state index in [1.54, 1.807) is 30.9 Å². The van der Waals surface area contributed by atoms with Crippen LogP contribution in [0.25, 0.3) is 11.3 Å². The second kappa shape index (κ2) is 7.45. The number of hydrogen-bond donors (Lipinski definition) is 0. The maximum atomic E-state index is 12.5. The minimum atomic E-state index is -0.0273. The Morgan fingerprint density at radius 1 is 1.19 bits per heavy atom. The number of hydrogen-bond acceptors (Lipinski definition) is 5. The molecule has 0 radical (unpaired) electrons. The van der Waals surface area contributed by atoms with E-state index >= 15 is 0 Å². The molecule has 1 aliphatic rings. The number of halogens is 1. The Balaban J connectivity index is 1.52. The third-order valence-electron chi connectivity index (χ3n) is 4.43. The summed E-state index contributed by atoms with van der Waals surface area (Å²) in [6.45, 7) is 1.89. The fourth-order valence-electron chi connectivity index (χ4n) is 2.75. The summed E-state index contributed by atoms with van der Waals surface area (Å²) in [4.78, 5) is 25.3.